The van der Waals surface area contributed by atoms with Crippen LogP contribution >= 0.6 is 0 Å². The number of aliphatic hydroxyl groups excluding tert-OH is 1. The second kappa shape index (κ2) is 2.66. The highest BCUT2D eigenvalue weighted by molar-refractivity contribution is 5.12. The van der Waals surface area contributed by atoms with Crippen molar-refractivity contribution in [3.8, 4) is 0 Å². The molecule has 0 saturated carbocycles. The Balaban J connectivity index is 2.89. The molecule has 11 heavy (non-hydrogen) atoms. The Labute approximate surface area is 66.0 Å². The number of nitrogens with zero attached hydrogens (tertiary/aromatic N) is 1. The average molecular weight is 155 g/mol. The molecular weight excluding hydrogens is 142 g/mol. The molecule has 3 heteroatoms. The van der Waals surface area contributed by atoms with Gasteiger partial charge < -0.3 is 9.63 Å². The van der Waals surface area contributed by atoms with Gasteiger partial charge in [-0.05, 0) is 0 Å². The molecule has 0 atom stereocenters. The van der Waals surface area contributed by atoms with Crippen LogP contribution in [0.3, 0.4) is 0 Å². The predicted molar refractivity (Wildman–Crippen MR) is 41.1 cm³/mol. The van der Waals surface area contributed by atoms with Gasteiger partial charge in [-0.15, -0.1) is 0 Å². The van der Waals surface area contributed by atoms with Crippen molar-refractivity contribution in [3.63, 3.8) is 0 Å². The Hall–Kier alpha value is -0.830. The molecule has 62 valence electrons. The van der Waals surface area contributed by atoms with Crippen molar-refractivity contribution in [1.82, 2.24) is 5.16 Å². The monoisotopic (exact) mass is 155 g/mol. The SMILES string of the molecule is CC(C)(C)c1cc(CO)no1. The molecule has 1 rings (SSSR count). The minimum absolute atomic E-state index is 0.0274. The van der Waals surface area contributed by atoms with E-state index in [1.807, 2.05) is 20.8 Å². The van der Waals surface area contributed by atoms with E-state index in [4.69, 9.17) is 9.63 Å². The van der Waals surface area contributed by atoms with Gasteiger partial charge in [0.1, 0.15) is 11.5 Å². The summed E-state index contributed by atoms with van der Waals surface area (Å²) in [7, 11) is 0. The Bertz CT molecular complexity index is 234. The molecule has 0 spiro atoms. The molecule has 0 amide bonds. The highest BCUT2D eigenvalue weighted by Crippen LogP contribution is 2.22. The van der Waals surface area contributed by atoms with E-state index < -0.39 is 0 Å². The van der Waals surface area contributed by atoms with Gasteiger partial charge >= 0.3 is 0 Å². The molecule has 0 fully saturated rings. The molecule has 0 saturated heterocycles. The number of aliphatic hydroxyl groups is 1. The Morgan fingerprint density at radius 3 is 2.45 bits per heavy atom. The summed E-state index contributed by atoms with van der Waals surface area (Å²) < 4.78 is 5.01. The predicted octanol–water partition coefficient (Wildman–Crippen LogP) is 1.46. The van der Waals surface area contributed by atoms with Crippen LogP contribution < -0.4 is 0 Å². The topological polar surface area (TPSA) is 46.3 Å². The van der Waals surface area contributed by atoms with E-state index in [1.165, 1.54) is 0 Å². The van der Waals surface area contributed by atoms with Gasteiger partial charge in [-0.2, -0.15) is 0 Å². The summed E-state index contributed by atoms with van der Waals surface area (Å²) in [6, 6.07) is 1.78. The van der Waals surface area contributed by atoms with E-state index in [1.54, 1.807) is 6.07 Å². The zero-order valence-electron chi connectivity index (χ0n) is 7.09. The summed E-state index contributed by atoms with van der Waals surface area (Å²) in [5.74, 6) is 0.807. The van der Waals surface area contributed by atoms with Crippen molar-refractivity contribution in [2.75, 3.05) is 0 Å². The smallest absolute Gasteiger partial charge is 0.142 e. The minimum atomic E-state index is -0.0560. The number of rotatable bonds is 1. The van der Waals surface area contributed by atoms with Crippen LogP contribution in [0.15, 0.2) is 10.6 Å². The lowest BCUT2D eigenvalue weighted by atomic mass is 9.93. The Morgan fingerprint density at radius 1 is 1.55 bits per heavy atom. The van der Waals surface area contributed by atoms with Gasteiger partial charge in [-0.3, -0.25) is 0 Å². The van der Waals surface area contributed by atoms with Crippen LogP contribution in [0.5, 0.6) is 0 Å². The molecule has 1 aromatic rings. The molecule has 1 heterocycles. The quantitative estimate of drug-likeness (QED) is 0.667. The van der Waals surface area contributed by atoms with E-state index in [-0.39, 0.29) is 12.0 Å². The van der Waals surface area contributed by atoms with Crippen molar-refractivity contribution in [2.45, 2.75) is 32.8 Å². The molecular formula is C8H13NO2. The van der Waals surface area contributed by atoms with Crippen molar-refractivity contribution >= 4 is 0 Å². The third-order valence-corrected chi connectivity index (χ3v) is 1.46. The molecule has 1 N–H and O–H groups in total. The molecule has 0 aliphatic heterocycles. The fourth-order valence-corrected chi connectivity index (χ4v) is 0.740. The molecule has 0 aromatic carbocycles. The van der Waals surface area contributed by atoms with E-state index in [0.717, 1.165) is 5.76 Å². The van der Waals surface area contributed by atoms with Crippen LogP contribution in [0.4, 0.5) is 0 Å². The van der Waals surface area contributed by atoms with Gasteiger partial charge in [-0.25, -0.2) is 0 Å². The molecule has 3 nitrogen and oxygen atoms in total. The van der Waals surface area contributed by atoms with Crippen LogP contribution in [0.1, 0.15) is 32.2 Å². The van der Waals surface area contributed by atoms with E-state index in [2.05, 4.69) is 5.16 Å². The first-order valence-corrected chi connectivity index (χ1v) is 3.61. The maximum atomic E-state index is 8.69. The van der Waals surface area contributed by atoms with Crippen molar-refractivity contribution in [3.05, 3.63) is 17.5 Å². The lowest BCUT2D eigenvalue weighted by Gasteiger charge is -2.11. The zero-order chi connectivity index (χ0) is 8.48. The third-order valence-electron chi connectivity index (χ3n) is 1.46. The van der Waals surface area contributed by atoms with E-state index in [9.17, 15) is 0 Å². The van der Waals surface area contributed by atoms with Crippen LogP contribution in [0, 0.1) is 0 Å². The van der Waals surface area contributed by atoms with Crippen molar-refractivity contribution in [2.24, 2.45) is 0 Å². The first-order chi connectivity index (χ1) is 5.04. The maximum absolute atomic E-state index is 8.69. The van der Waals surface area contributed by atoms with Crippen LogP contribution in [0.25, 0.3) is 0 Å². The summed E-state index contributed by atoms with van der Waals surface area (Å²) in [5.41, 5.74) is 0.565. The van der Waals surface area contributed by atoms with Gasteiger partial charge in [0.15, 0.2) is 0 Å². The lowest BCUT2D eigenvalue weighted by Crippen LogP contribution is -2.09. The average Bonchev–Trinajstić information content (AvgIpc) is 2.32. The zero-order valence-corrected chi connectivity index (χ0v) is 7.09. The Kier molecular flexibility index (Phi) is 2.00. The fourth-order valence-electron chi connectivity index (χ4n) is 0.740. The summed E-state index contributed by atoms with van der Waals surface area (Å²) >= 11 is 0. The normalized spacial score (nSPS) is 12.0. The molecule has 0 aliphatic carbocycles. The minimum Gasteiger partial charge on any atom is -0.390 e. The largest absolute Gasteiger partial charge is 0.390 e. The van der Waals surface area contributed by atoms with E-state index in [0.29, 0.717) is 5.69 Å². The summed E-state index contributed by atoms with van der Waals surface area (Å²) in [4.78, 5) is 0. The van der Waals surface area contributed by atoms with Crippen LogP contribution in [-0.4, -0.2) is 10.3 Å². The number of aromatic nitrogens is 1. The number of hydrogen-bond donors (Lipinski definition) is 1. The maximum Gasteiger partial charge on any atom is 0.142 e. The van der Waals surface area contributed by atoms with Crippen LogP contribution in [-0.2, 0) is 12.0 Å². The van der Waals surface area contributed by atoms with Gasteiger partial charge in [0, 0.05) is 11.5 Å². The molecule has 0 bridgehead atoms. The van der Waals surface area contributed by atoms with E-state index >= 15 is 0 Å². The summed E-state index contributed by atoms with van der Waals surface area (Å²) in [6.07, 6.45) is 0. The van der Waals surface area contributed by atoms with Crippen molar-refractivity contribution < 1.29 is 9.63 Å². The summed E-state index contributed by atoms with van der Waals surface area (Å²) in [5, 5.41) is 12.4. The summed E-state index contributed by atoms with van der Waals surface area (Å²) in [6.45, 7) is 6.05. The van der Waals surface area contributed by atoms with Gasteiger partial charge in [0.2, 0.25) is 0 Å². The number of hydrogen-bond acceptors (Lipinski definition) is 3. The van der Waals surface area contributed by atoms with Gasteiger partial charge in [-0.1, -0.05) is 25.9 Å². The van der Waals surface area contributed by atoms with Gasteiger partial charge in [0.05, 0.1) is 6.61 Å². The molecule has 0 aliphatic rings. The Morgan fingerprint density at radius 2 is 2.18 bits per heavy atom. The fraction of sp³-hybridized carbons (Fsp3) is 0.625. The first kappa shape index (κ1) is 8.27. The highest BCUT2D eigenvalue weighted by atomic mass is 16.5. The second-order valence-corrected chi connectivity index (χ2v) is 3.59. The lowest BCUT2D eigenvalue weighted by molar-refractivity contribution is 0.261. The first-order valence-electron chi connectivity index (χ1n) is 3.61. The molecule has 0 radical (unpaired) electrons. The molecule has 0 unspecified atom stereocenters. The standard InChI is InChI=1S/C8H13NO2/c1-8(2,3)7-4-6(5-10)9-11-7/h4,10H,5H2,1-3H3. The third kappa shape index (κ3) is 1.80. The van der Waals surface area contributed by atoms with Gasteiger partial charge in [0.25, 0.3) is 0 Å². The van der Waals surface area contributed by atoms with Crippen molar-refractivity contribution in [1.29, 1.82) is 0 Å². The van der Waals surface area contributed by atoms with Crippen LogP contribution in [0.2, 0.25) is 0 Å². The highest BCUT2D eigenvalue weighted by Gasteiger charge is 2.18. The molecule has 1 aromatic heterocycles. The second-order valence-electron chi connectivity index (χ2n) is 3.59.